The van der Waals surface area contributed by atoms with Gasteiger partial charge < -0.3 is 10.2 Å². The van der Waals surface area contributed by atoms with E-state index in [0.29, 0.717) is 23.4 Å². The smallest absolute Gasteiger partial charge is 0.257 e. The summed E-state index contributed by atoms with van der Waals surface area (Å²) in [4.78, 5) is 36.4. The largest absolute Gasteiger partial charge is 0.329 e. The fourth-order valence-electron chi connectivity index (χ4n) is 3.90. The molecule has 3 heterocycles. The lowest BCUT2D eigenvalue weighted by Crippen LogP contribution is -2.30. The fourth-order valence-corrected chi connectivity index (χ4v) is 5.01. The number of anilines is 1. The third-order valence-corrected chi connectivity index (χ3v) is 6.54. The third-order valence-electron chi connectivity index (χ3n) is 5.40. The molecule has 0 radical (unpaired) electrons. The van der Waals surface area contributed by atoms with Crippen molar-refractivity contribution in [3.63, 3.8) is 0 Å². The second-order valence-electron chi connectivity index (χ2n) is 7.45. The molecule has 5 rings (SSSR count). The van der Waals surface area contributed by atoms with Crippen molar-refractivity contribution < 1.29 is 9.59 Å². The maximum Gasteiger partial charge on any atom is 0.257 e. The van der Waals surface area contributed by atoms with Crippen LogP contribution >= 0.6 is 11.3 Å². The van der Waals surface area contributed by atoms with Crippen molar-refractivity contribution in [2.45, 2.75) is 18.9 Å². The molecule has 0 saturated carbocycles. The number of rotatable bonds is 4. The van der Waals surface area contributed by atoms with Gasteiger partial charge in [0, 0.05) is 30.2 Å². The molecule has 154 valence electrons. The van der Waals surface area contributed by atoms with Crippen molar-refractivity contribution in [1.82, 2.24) is 14.9 Å². The molecule has 1 aliphatic heterocycles. The van der Waals surface area contributed by atoms with E-state index in [0.717, 1.165) is 28.1 Å². The molecule has 2 aromatic carbocycles. The Morgan fingerprint density at radius 1 is 1.03 bits per heavy atom. The average Bonchev–Trinajstić information content (AvgIpc) is 3.46. The van der Waals surface area contributed by atoms with E-state index in [4.69, 9.17) is 4.98 Å². The summed E-state index contributed by atoms with van der Waals surface area (Å²) in [6.45, 7) is 0.700. The van der Waals surface area contributed by atoms with Gasteiger partial charge in [0.1, 0.15) is 5.01 Å². The summed E-state index contributed by atoms with van der Waals surface area (Å²) in [5, 5.41) is 3.82. The molecule has 31 heavy (non-hydrogen) atoms. The van der Waals surface area contributed by atoms with Gasteiger partial charge in [-0.3, -0.25) is 14.6 Å². The van der Waals surface area contributed by atoms with Crippen LogP contribution in [0.1, 0.15) is 44.6 Å². The van der Waals surface area contributed by atoms with Crippen LogP contribution in [0.3, 0.4) is 0 Å². The standard InChI is InChI=1S/C24H20N4O2S/c29-22(17-7-4-12-25-15-17)26-18-8-3-6-16(14-18)24(30)28-13-5-10-20(28)23-27-19-9-1-2-11-21(19)31-23/h1-4,6-9,11-12,14-15,20H,5,10,13H2,(H,26,29). The number of benzene rings is 2. The van der Waals surface area contributed by atoms with E-state index in [2.05, 4.69) is 16.4 Å². The first-order valence-corrected chi connectivity index (χ1v) is 11.0. The van der Waals surface area contributed by atoms with E-state index >= 15 is 0 Å². The predicted molar refractivity (Wildman–Crippen MR) is 121 cm³/mol. The molecule has 1 fully saturated rings. The van der Waals surface area contributed by atoms with Crippen molar-refractivity contribution in [3.8, 4) is 0 Å². The Hall–Kier alpha value is -3.58. The summed E-state index contributed by atoms with van der Waals surface area (Å²) in [6.07, 6.45) is 4.98. The molecule has 1 aliphatic rings. The molecular formula is C24H20N4O2S. The van der Waals surface area contributed by atoms with Crippen LogP contribution in [0.5, 0.6) is 0 Å². The Kier molecular flexibility index (Phi) is 5.18. The first-order chi connectivity index (χ1) is 15.2. The van der Waals surface area contributed by atoms with Crippen LogP contribution in [-0.2, 0) is 0 Å². The second kappa shape index (κ2) is 8.28. The lowest BCUT2D eigenvalue weighted by Gasteiger charge is -2.23. The molecule has 1 unspecified atom stereocenters. The average molecular weight is 429 g/mol. The Labute approximate surface area is 183 Å². The maximum absolute atomic E-state index is 13.3. The van der Waals surface area contributed by atoms with E-state index in [-0.39, 0.29) is 17.9 Å². The van der Waals surface area contributed by atoms with Gasteiger partial charge in [0.25, 0.3) is 11.8 Å². The normalized spacial score (nSPS) is 15.9. The Morgan fingerprint density at radius 3 is 2.74 bits per heavy atom. The van der Waals surface area contributed by atoms with E-state index in [1.165, 1.54) is 6.20 Å². The van der Waals surface area contributed by atoms with Gasteiger partial charge in [0.2, 0.25) is 0 Å². The van der Waals surface area contributed by atoms with E-state index < -0.39 is 0 Å². The van der Waals surface area contributed by atoms with Gasteiger partial charge in [0.05, 0.1) is 21.8 Å². The lowest BCUT2D eigenvalue weighted by molar-refractivity contribution is 0.0735. The van der Waals surface area contributed by atoms with Crippen molar-refractivity contribution in [2.75, 3.05) is 11.9 Å². The Morgan fingerprint density at radius 2 is 1.90 bits per heavy atom. The van der Waals surface area contributed by atoms with E-state index in [1.54, 1.807) is 53.9 Å². The van der Waals surface area contributed by atoms with Crippen molar-refractivity contribution in [3.05, 3.63) is 89.2 Å². The lowest BCUT2D eigenvalue weighted by atomic mass is 10.1. The molecule has 4 aromatic rings. The minimum atomic E-state index is -0.258. The third kappa shape index (κ3) is 3.92. The van der Waals surface area contributed by atoms with Crippen LogP contribution in [0.4, 0.5) is 5.69 Å². The number of pyridine rings is 1. The summed E-state index contributed by atoms with van der Waals surface area (Å²) >= 11 is 1.65. The van der Waals surface area contributed by atoms with Gasteiger partial charge in [-0.15, -0.1) is 11.3 Å². The zero-order chi connectivity index (χ0) is 21.2. The molecular weight excluding hydrogens is 408 g/mol. The SMILES string of the molecule is O=C(Nc1cccc(C(=O)N2CCCC2c2nc3ccccc3s2)c1)c1cccnc1. The van der Waals surface area contributed by atoms with Gasteiger partial charge in [-0.1, -0.05) is 18.2 Å². The van der Waals surface area contributed by atoms with Crippen LogP contribution in [0.2, 0.25) is 0 Å². The van der Waals surface area contributed by atoms with Gasteiger partial charge in [-0.05, 0) is 55.3 Å². The molecule has 1 N–H and O–H groups in total. The molecule has 2 aromatic heterocycles. The number of amides is 2. The number of nitrogens with zero attached hydrogens (tertiary/aromatic N) is 3. The summed E-state index contributed by atoms with van der Waals surface area (Å²) in [5.41, 5.74) is 2.57. The number of hydrogen-bond donors (Lipinski definition) is 1. The number of aromatic nitrogens is 2. The maximum atomic E-state index is 13.3. The van der Waals surface area contributed by atoms with Crippen LogP contribution in [-0.4, -0.2) is 33.2 Å². The quantitative estimate of drug-likeness (QED) is 0.501. The molecule has 7 heteroatoms. The van der Waals surface area contributed by atoms with Gasteiger partial charge in [-0.2, -0.15) is 0 Å². The summed E-state index contributed by atoms with van der Waals surface area (Å²) in [7, 11) is 0. The van der Waals surface area contributed by atoms with Gasteiger partial charge in [-0.25, -0.2) is 4.98 Å². The summed E-state index contributed by atoms with van der Waals surface area (Å²) in [6, 6.07) is 18.5. The number of hydrogen-bond acceptors (Lipinski definition) is 5. The zero-order valence-electron chi connectivity index (χ0n) is 16.7. The number of para-hydroxylation sites is 1. The van der Waals surface area contributed by atoms with E-state index in [9.17, 15) is 9.59 Å². The van der Waals surface area contributed by atoms with Crippen molar-refractivity contribution >= 4 is 39.1 Å². The fraction of sp³-hybridized carbons (Fsp3) is 0.167. The number of likely N-dealkylation sites (tertiary alicyclic amines) is 1. The van der Waals surface area contributed by atoms with Crippen LogP contribution in [0.15, 0.2) is 73.1 Å². The first kappa shape index (κ1) is 19.4. The molecule has 6 nitrogen and oxygen atoms in total. The summed E-state index contributed by atoms with van der Waals surface area (Å²) < 4.78 is 1.14. The highest BCUT2D eigenvalue weighted by Crippen LogP contribution is 2.37. The minimum Gasteiger partial charge on any atom is -0.329 e. The highest BCUT2D eigenvalue weighted by molar-refractivity contribution is 7.18. The van der Waals surface area contributed by atoms with Gasteiger partial charge in [0.15, 0.2) is 0 Å². The topological polar surface area (TPSA) is 75.2 Å². The molecule has 0 spiro atoms. The Balaban J connectivity index is 1.36. The summed E-state index contributed by atoms with van der Waals surface area (Å²) in [5.74, 6) is -0.301. The van der Waals surface area contributed by atoms with E-state index in [1.807, 2.05) is 23.1 Å². The zero-order valence-corrected chi connectivity index (χ0v) is 17.5. The molecule has 1 saturated heterocycles. The molecule has 2 amide bonds. The first-order valence-electron chi connectivity index (χ1n) is 10.2. The second-order valence-corrected chi connectivity index (χ2v) is 8.52. The highest BCUT2D eigenvalue weighted by atomic mass is 32.1. The minimum absolute atomic E-state index is 0.0152. The predicted octanol–water partition coefficient (Wildman–Crippen LogP) is 4.92. The van der Waals surface area contributed by atoms with Crippen LogP contribution in [0, 0.1) is 0 Å². The molecule has 1 atom stereocenters. The number of carbonyl (C=O) groups is 2. The van der Waals surface area contributed by atoms with Crippen LogP contribution in [0.25, 0.3) is 10.2 Å². The highest BCUT2D eigenvalue weighted by Gasteiger charge is 2.32. The van der Waals surface area contributed by atoms with Crippen LogP contribution < -0.4 is 5.32 Å². The van der Waals surface area contributed by atoms with Gasteiger partial charge >= 0.3 is 0 Å². The van der Waals surface area contributed by atoms with Crippen molar-refractivity contribution in [1.29, 1.82) is 0 Å². The molecule has 0 bridgehead atoms. The number of nitrogens with one attached hydrogen (secondary N) is 1. The number of fused-ring (bicyclic) bond motifs is 1. The number of thiazole rings is 1. The molecule has 0 aliphatic carbocycles. The monoisotopic (exact) mass is 428 g/mol. The number of carbonyl (C=O) groups excluding carboxylic acids is 2. The Bertz CT molecular complexity index is 1220. The van der Waals surface area contributed by atoms with Crippen molar-refractivity contribution in [2.24, 2.45) is 0 Å².